The van der Waals surface area contributed by atoms with E-state index in [1.165, 1.54) is 0 Å². The van der Waals surface area contributed by atoms with Gasteiger partial charge in [0.05, 0.1) is 0 Å². The van der Waals surface area contributed by atoms with Crippen molar-refractivity contribution in [3.05, 3.63) is 35.8 Å². The molecule has 3 N–H and O–H groups in total. The maximum absolute atomic E-state index is 5.57. The molecule has 1 atom stereocenters. The van der Waals surface area contributed by atoms with E-state index in [4.69, 9.17) is 5.73 Å². The Balaban J connectivity index is 5.42. The molecule has 0 fully saturated rings. The second kappa shape index (κ2) is 7.71. The summed E-state index contributed by atoms with van der Waals surface area (Å²) in [6, 6.07) is 0. The molecule has 0 radical (unpaired) electrons. The zero-order chi connectivity index (χ0) is 13.4. The highest BCUT2D eigenvalue weighted by Gasteiger charge is 2.14. The van der Waals surface area contributed by atoms with Gasteiger partial charge in [0.25, 0.3) is 0 Å². The van der Waals surface area contributed by atoms with Crippen LogP contribution in [0.4, 0.5) is 0 Å². The van der Waals surface area contributed by atoms with Gasteiger partial charge in [-0.05, 0) is 30.4 Å². The van der Waals surface area contributed by atoms with Crippen LogP contribution in [0.1, 0.15) is 27.7 Å². The summed E-state index contributed by atoms with van der Waals surface area (Å²) >= 11 is 0. The highest BCUT2D eigenvalue weighted by atomic mass is 15.0. The van der Waals surface area contributed by atoms with Gasteiger partial charge >= 0.3 is 0 Å². The summed E-state index contributed by atoms with van der Waals surface area (Å²) in [6.07, 6.45) is 5.59. The maximum atomic E-state index is 5.57. The van der Waals surface area contributed by atoms with E-state index in [-0.39, 0.29) is 0 Å². The molecule has 0 aliphatic heterocycles. The molecule has 3 nitrogen and oxygen atoms in total. The molecule has 0 amide bonds. The van der Waals surface area contributed by atoms with E-state index in [2.05, 4.69) is 37.7 Å². The van der Waals surface area contributed by atoms with Crippen LogP contribution in [0.5, 0.6) is 0 Å². The summed E-state index contributed by atoms with van der Waals surface area (Å²) in [6.45, 7) is 12.1. The number of allylic oxidation sites excluding steroid dienone is 3. The van der Waals surface area contributed by atoms with Gasteiger partial charge in [0.1, 0.15) is 5.82 Å². The molecular formula is C14H25N3. The van der Waals surface area contributed by atoms with Gasteiger partial charge < -0.3 is 11.1 Å². The van der Waals surface area contributed by atoms with Crippen molar-refractivity contribution in [2.45, 2.75) is 27.7 Å². The van der Waals surface area contributed by atoms with Crippen LogP contribution in [0.2, 0.25) is 0 Å². The molecule has 0 spiro atoms. The third-order valence-corrected chi connectivity index (χ3v) is 2.74. The lowest BCUT2D eigenvalue weighted by atomic mass is 9.89. The summed E-state index contributed by atoms with van der Waals surface area (Å²) in [5.74, 6) is 1.82. The first-order valence-electron chi connectivity index (χ1n) is 5.97. The van der Waals surface area contributed by atoms with Crippen LogP contribution in [-0.2, 0) is 0 Å². The largest absolute Gasteiger partial charge is 0.399 e. The Morgan fingerprint density at radius 2 is 1.88 bits per heavy atom. The van der Waals surface area contributed by atoms with Crippen molar-refractivity contribution in [2.24, 2.45) is 22.6 Å². The summed E-state index contributed by atoms with van der Waals surface area (Å²) in [5.41, 5.74) is 7.27. The zero-order valence-corrected chi connectivity index (χ0v) is 11.6. The average Bonchev–Trinajstić information content (AvgIpc) is 2.26. The van der Waals surface area contributed by atoms with Gasteiger partial charge in [-0.2, -0.15) is 0 Å². The SMILES string of the molecule is C=C(N)/C=C\C(=C(/N=CC)NC)C(C)C(C)C. The van der Waals surface area contributed by atoms with Crippen molar-refractivity contribution in [2.75, 3.05) is 7.05 Å². The van der Waals surface area contributed by atoms with E-state index in [9.17, 15) is 0 Å². The van der Waals surface area contributed by atoms with E-state index in [0.717, 1.165) is 11.4 Å². The van der Waals surface area contributed by atoms with E-state index in [0.29, 0.717) is 17.5 Å². The molecule has 0 heterocycles. The van der Waals surface area contributed by atoms with Gasteiger partial charge in [-0.3, -0.25) is 0 Å². The number of rotatable bonds is 6. The highest BCUT2D eigenvalue weighted by molar-refractivity contribution is 5.55. The lowest BCUT2D eigenvalue weighted by Crippen LogP contribution is -2.14. The first-order chi connectivity index (χ1) is 7.93. The lowest BCUT2D eigenvalue weighted by Gasteiger charge is -2.19. The van der Waals surface area contributed by atoms with Crippen LogP contribution in [0.15, 0.2) is 40.8 Å². The maximum Gasteiger partial charge on any atom is 0.128 e. The number of aliphatic imine (C=N–C) groups is 1. The topological polar surface area (TPSA) is 50.4 Å². The molecule has 0 aliphatic rings. The van der Waals surface area contributed by atoms with Gasteiger partial charge in [-0.15, -0.1) is 0 Å². The molecule has 0 saturated carbocycles. The van der Waals surface area contributed by atoms with Crippen LogP contribution in [0, 0.1) is 11.8 Å². The average molecular weight is 235 g/mol. The van der Waals surface area contributed by atoms with Crippen LogP contribution in [0.3, 0.4) is 0 Å². The smallest absolute Gasteiger partial charge is 0.128 e. The third-order valence-electron chi connectivity index (χ3n) is 2.74. The number of nitrogens with one attached hydrogen (secondary N) is 1. The quantitative estimate of drug-likeness (QED) is 0.549. The second-order valence-electron chi connectivity index (χ2n) is 4.38. The summed E-state index contributed by atoms with van der Waals surface area (Å²) in [7, 11) is 1.88. The number of hydrogen-bond donors (Lipinski definition) is 2. The van der Waals surface area contributed by atoms with Crippen LogP contribution in [-0.4, -0.2) is 13.3 Å². The molecule has 0 aromatic heterocycles. The molecule has 0 saturated heterocycles. The molecule has 1 unspecified atom stereocenters. The van der Waals surface area contributed by atoms with Crippen molar-refractivity contribution in [1.29, 1.82) is 0 Å². The zero-order valence-electron chi connectivity index (χ0n) is 11.6. The first-order valence-corrected chi connectivity index (χ1v) is 5.97. The van der Waals surface area contributed by atoms with Crippen molar-refractivity contribution in [3.8, 4) is 0 Å². The first kappa shape index (κ1) is 15.5. The Labute approximate surface area is 105 Å². The minimum absolute atomic E-state index is 0.400. The molecule has 17 heavy (non-hydrogen) atoms. The Bertz CT molecular complexity index is 335. The molecule has 0 aromatic rings. The summed E-state index contributed by atoms with van der Waals surface area (Å²) in [5, 5.41) is 3.12. The van der Waals surface area contributed by atoms with Crippen molar-refractivity contribution >= 4 is 6.21 Å². The Kier molecular flexibility index (Phi) is 7.03. The molecule has 0 bridgehead atoms. The van der Waals surface area contributed by atoms with E-state index < -0.39 is 0 Å². The Hall–Kier alpha value is -1.51. The fourth-order valence-corrected chi connectivity index (χ4v) is 1.41. The van der Waals surface area contributed by atoms with E-state index in [1.54, 1.807) is 6.21 Å². The van der Waals surface area contributed by atoms with Crippen LogP contribution >= 0.6 is 0 Å². The molecule has 0 aliphatic carbocycles. The number of nitrogens with zero attached hydrogens (tertiary/aromatic N) is 1. The second-order valence-corrected chi connectivity index (χ2v) is 4.38. The van der Waals surface area contributed by atoms with E-state index >= 15 is 0 Å². The number of hydrogen-bond acceptors (Lipinski definition) is 3. The predicted molar refractivity (Wildman–Crippen MR) is 76.7 cm³/mol. The predicted octanol–water partition coefficient (Wildman–Crippen LogP) is 2.83. The van der Waals surface area contributed by atoms with Crippen molar-refractivity contribution in [1.82, 2.24) is 5.32 Å². The molecular weight excluding hydrogens is 210 g/mol. The Morgan fingerprint density at radius 1 is 1.29 bits per heavy atom. The summed E-state index contributed by atoms with van der Waals surface area (Å²) < 4.78 is 0. The van der Waals surface area contributed by atoms with Gasteiger partial charge in [-0.1, -0.05) is 33.4 Å². The molecule has 96 valence electrons. The van der Waals surface area contributed by atoms with Gasteiger partial charge in [0.15, 0.2) is 0 Å². The van der Waals surface area contributed by atoms with Gasteiger partial charge in [0.2, 0.25) is 0 Å². The normalized spacial score (nSPS) is 15.4. The minimum Gasteiger partial charge on any atom is -0.399 e. The highest BCUT2D eigenvalue weighted by Crippen LogP contribution is 2.23. The monoisotopic (exact) mass is 235 g/mol. The van der Waals surface area contributed by atoms with E-state index in [1.807, 2.05) is 26.1 Å². The van der Waals surface area contributed by atoms with Crippen molar-refractivity contribution < 1.29 is 0 Å². The van der Waals surface area contributed by atoms with Crippen LogP contribution < -0.4 is 11.1 Å². The standard InChI is InChI=1S/C14H25N3/c1-7-17-14(16-6)13(9-8-11(4)15)12(5)10(2)3/h7-10,12,16H,4,15H2,1-3,5-6H3/b9-8-,14-13+,17-7?. The van der Waals surface area contributed by atoms with Crippen molar-refractivity contribution in [3.63, 3.8) is 0 Å². The molecule has 3 heteroatoms. The third kappa shape index (κ3) is 5.38. The number of nitrogens with two attached hydrogens (primary N) is 1. The fourth-order valence-electron chi connectivity index (χ4n) is 1.41. The summed E-state index contributed by atoms with van der Waals surface area (Å²) in [4.78, 5) is 4.35. The lowest BCUT2D eigenvalue weighted by molar-refractivity contribution is 0.482. The Morgan fingerprint density at radius 3 is 2.24 bits per heavy atom. The molecule has 0 aromatic carbocycles. The minimum atomic E-state index is 0.400. The van der Waals surface area contributed by atoms with Gasteiger partial charge in [0, 0.05) is 19.0 Å². The van der Waals surface area contributed by atoms with Gasteiger partial charge in [-0.25, -0.2) is 4.99 Å². The fraction of sp³-hybridized carbons (Fsp3) is 0.500. The van der Waals surface area contributed by atoms with Crippen LogP contribution in [0.25, 0.3) is 0 Å². The molecule has 0 rings (SSSR count).